The number of nitrogens with one attached hydrogen (secondary N) is 1. The van der Waals surface area contributed by atoms with E-state index in [0.29, 0.717) is 0 Å². The summed E-state index contributed by atoms with van der Waals surface area (Å²) in [5.74, 6) is 1.90. The van der Waals surface area contributed by atoms with Crippen LogP contribution >= 0.6 is 0 Å². The van der Waals surface area contributed by atoms with Crippen molar-refractivity contribution < 1.29 is 0 Å². The molecular weight excluding hydrogens is 220 g/mol. The normalized spacial score (nSPS) is 17.8. The average molecular weight is 254 g/mol. The Morgan fingerprint density at radius 2 is 1.78 bits per heavy atom. The molecule has 2 heteroatoms. The van der Waals surface area contributed by atoms with Crippen LogP contribution in [0.25, 0.3) is 0 Å². The Bertz CT molecular complexity index is 184. The van der Waals surface area contributed by atoms with Gasteiger partial charge in [-0.15, -0.1) is 0 Å². The molecule has 0 unspecified atom stereocenters. The number of hydrogen-bond acceptors (Lipinski definition) is 2. The second kappa shape index (κ2) is 9.80. The fraction of sp³-hybridized carbons (Fsp3) is 1.00. The quantitative estimate of drug-likeness (QED) is 0.677. The van der Waals surface area contributed by atoms with Gasteiger partial charge in [0.1, 0.15) is 0 Å². The fourth-order valence-corrected chi connectivity index (χ4v) is 3.06. The highest BCUT2D eigenvalue weighted by Gasteiger charge is 2.14. The fourth-order valence-electron chi connectivity index (χ4n) is 3.06. The van der Waals surface area contributed by atoms with Crippen LogP contribution in [0.1, 0.15) is 59.3 Å². The van der Waals surface area contributed by atoms with Crippen molar-refractivity contribution in [3.05, 3.63) is 0 Å². The molecule has 1 aliphatic heterocycles. The lowest BCUT2D eigenvalue weighted by molar-refractivity contribution is 0.220. The van der Waals surface area contributed by atoms with E-state index in [9.17, 15) is 0 Å². The third kappa shape index (κ3) is 6.19. The summed E-state index contributed by atoms with van der Waals surface area (Å²) in [6, 6.07) is 0. The van der Waals surface area contributed by atoms with Crippen molar-refractivity contribution in [2.45, 2.75) is 59.3 Å². The van der Waals surface area contributed by atoms with Gasteiger partial charge in [0, 0.05) is 6.54 Å². The van der Waals surface area contributed by atoms with Gasteiger partial charge in [-0.25, -0.2) is 0 Å². The molecule has 0 aromatic heterocycles. The van der Waals surface area contributed by atoms with Gasteiger partial charge in [0.15, 0.2) is 0 Å². The predicted octanol–water partition coefficient (Wildman–Crippen LogP) is 3.52. The summed E-state index contributed by atoms with van der Waals surface area (Å²) in [6.07, 6.45) is 8.32. The minimum Gasteiger partial charge on any atom is -0.317 e. The first kappa shape index (κ1) is 16.0. The van der Waals surface area contributed by atoms with Crippen molar-refractivity contribution in [3.8, 4) is 0 Å². The van der Waals surface area contributed by atoms with Gasteiger partial charge in [-0.3, -0.25) is 0 Å². The molecule has 18 heavy (non-hydrogen) atoms. The Kier molecular flexibility index (Phi) is 8.70. The van der Waals surface area contributed by atoms with Crippen LogP contribution in [0.5, 0.6) is 0 Å². The van der Waals surface area contributed by atoms with E-state index in [1.807, 2.05) is 0 Å². The summed E-state index contributed by atoms with van der Waals surface area (Å²) in [4.78, 5) is 2.67. The van der Waals surface area contributed by atoms with Crippen LogP contribution < -0.4 is 5.32 Å². The molecule has 1 aliphatic rings. The van der Waals surface area contributed by atoms with E-state index in [2.05, 4.69) is 31.0 Å². The molecule has 0 bridgehead atoms. The smallest absolute Gasteiger partial charge is 0.000934 e. The molecule has 0 saturated carbocycles. The van der Waals surface area contributed by atoms with Gasteiger partial charge >= 0.3 is 0 Å². The standard InChI is InChI=1S/C16H34N2/c1-4-15(5-2)14-18(6-3)13-7-8-16-9-11-17-12-10-16/h15-17H,4-14H2,1-3H3. The van der Waals surface area contributed by atoms with E-state index in [0.717, 1.165) is 11.8 Å². The first-order valence-corrected chi connectivity index (χ1v) is 8.23. The van der Waals surface area contributed by atoms with Crippen molar-refractivity contribution in [3.63, 3.8) is 0 Å². The van der Waals surface area contributed by atoms with E-state index in [-0.39, 0.29) is 0 Å². The molecule has 0 aliphatic carbocycles. The zero-order chi connectivity index (χ0) is 13.2. The Morgan fingerprint density at radius 3 is 2.33 bits per heavy atom. The number of rotatable bonds is 9. The highest BCUT2D eigenvalue weighted by atomic mass is 15.1. The molecule has 0 radical (unpaired) electrons. The number of hydrogen-bond donors (Lipinski definition) is 1. The largest absolute Gasteiger partial charge is 0.317 e. The monoisotopic (exact) mass is 254 g/mol. The average Bonchev–Trinajstić information content (AvgIpc) is 2.44. The van der Waals surface area contributed by atoms with Crippen LogP contribution in [-0.4, -0.2) is 37.6 Å². The third-order valence-electron chi connectivity index (χ3n) is 4.66. The van der Waals surface area contributed by atoms with Gasteiger partial charge in [0.25, 0.3) is 0 Å². The van der Waals surface area contributed by atoms with Gasteiger partial charge in [-0.1, -0.05) is 33.6 Å². The zero-order valence-corrected chi connectivity index (χ0v) is 12.9. The molecule has 1 rings (SSSR count). The van der Waals surface area contributed by atoms with Gasteiger partial charge in [0.05, 0.1) is 0 Å². The van der Waals surface area contributed by atoms with Crippen molar-refractivity contribution in [1.29, 1.82) is 0 Å². The molecule has 108 valence electrons. The first-order valence-electron chi connectivity index (χ1n) is 8.23. The van der Waals surface area contributed by atoms with Crippen molar-refractivity contribution in [1.82, 2.24) is 10.2 Å². The van der Waals surface area contributed by atoms with Crippen LogP contribution in [-0.2, 0) is 0 Å². The van der Waals surface area contributed by atoms with Crippen molar-refractivity contribution in [2.24, 2.45) is 11.8 Å². The SMILES string of the molecule is CCC(CC)CN(CC)CCCC1CCNCC1. The molecule has 1 saturated heterocycles. The molecule has 1 N–H and O–H groups in total. The molecule has 0 aromatic carbocycles. The lowest BCUT2D eigenvalue weighted by Gasteiger charge is -2.27. The molecule has 0 atom stereocenters. The molecular formula is C16H34N2. The lowest BCUT2D eigenvalue weighted by atomic mass is 9.93. The molecule has 0 aromatic rings. The van der Waals surface area contributed by atoms with E-state index >= 15 is 0 Å². The number of piperidine rings is 1. The highest BCUT2D eigenvalue weighted by molar-refractivity contribution is 4.70. The topological polar surface area (TPSA) is 15.3 Å². The van der Waals surface area contributed by atoms with Gasteiger partial charge in [-0.05, 0) is 63.7 Å². The summed E-state index contributed by atoms with van der Waals surface area (Å²) in [7, 11) is 0. The summed E-state index contributed by atoms with van der Waals surface area (Å²) < 4.78 is 0. The van der Waals surface area contributed by atoms with Crippen LogP contribution in [0, 0.1) is 11.8 Å². The van der Waals surface area contributed by atoms with E-state index in [1.54, 1.807) is 0 Å². The van der Waals surface area contributed by atoms with Gasteiger partial charge in [0.2, 0.25) is 0 Å². The third-order valence-corrected chi connectivity index (χ3v) is 4.66. The molecule has 1 heterocycles. The maximum atomic E-state index is 3.46. The minimum absolute atomic E-state index is 0.906. The van der Waals surface area contributed by atoms with Gasteiger partial charge < -0.3 is 10.2 Å². The van der Waals surface area contributed by atoms with Crippen molar-refractivity contribution >= 4 is 0 Å². The zero-order valence-electron chi connectivity index (χ0n) is 12.9. The predicted molar refractivity (Wildman–Crippen MR) is 81.0 cm³/mol. The molecule has 2 nitrogen and oxygen atoms in total. The summed E-state index contributed by atoms with van der Waals surface area (Å²) >= 11 is 0. The Morgan fingerprint density at radius 1 is 1.11 bits per heavy atom. The first-order chi connectivity index (χ1) is 8.80. The maximum Gasteiger partial charge on any atom is 0.000934 e. The second-order valence-corrected chi connectivity index (χ2v) is 5.91. The molecule has 0 spiro atoms. The van der Waals surface area contributed by atoms with Crippen LogP contribution in [0.3, 0.4) is 0 Å². The van der Waals surface area contributed by atoms with E-state index in [1.165, 1.54) is 71.2 Å². The maximum absolute atomic E-state index is 3.46. The highest BCUT2D eigenvalue weighted by Crippen LogP contribution is 2.18. The van der Waals surface area contributed by atoms with Crippen molar-refractivity contribution in [2.75, 3.05) is 32.7 Å². The minimum atomic E-state index is 0.906. The van der Waals surface area contributed by atoms with Crippen LogP contribution in [0.4, 0.5) is 0 Å². The van der Waals surface area contributed by atoms with Gasteiger partial charge in [-0.2, -0.15) is 0 Å². The molecule has 1 fully saturated rings. The lowest BCUT2D eigenvalue weighted by Crippen LogP contribution is -2.31. The molecule has 0 amide bonds. The van der Waals surface area contributed by atoms with E-state index < -0.39 is 0 Å². The summed E-state index contributed by atoms with van der Waals surface area (Å²) in [5, 5.41) is 3.46. The Hall–Kier alpha value is -0.0800. The Labute approximate surface area is 115 Å². The summed E-state index contributed by atoms with van der Waals surface area (Å²) in [6.45, 7) is 13.3. The second-order valence-electron chi connectivity index (χ2n) is 5.91. The summed E-state index contributed by atoms with van der Waals surface area (Å²) in [5.41, 5.74) is 0. The van der Waals surface area contributed by atoms with Crippen LogP contribution in [0.2, 0.25) is 0 Å². The number of nitrogens with zero attached hydrogens (tertiary/aromatic N) is 1. The van der Waals surface area contributed by atoms with E-state index in [4.69, 9.17) is 0 Å². The van der Waals surface area contributed by atoms with Crippen LogP contribution in [0.15, 0.2) is 0 Å². The Balaban J connectivity index is 2.13.